The molecule has 0 unspecified atom stereocenters. The third-order valence-electron chi connectivity index (χ3n) is 2.40. The molecule has 0 atom stereocenters. The van der Waals surface area contributed by atoms with E-state index in [4.69, 9.17) is 9.47 Å². The van der Waals surface area contributed by atoms with Gasteiger partial charge in [-0.25, -0.2) is 0 Å². The van der Waals surface area contributed by atoms with Crippen LogP contribution in [-0.4, -0.2) is 15.5 Å². The quantitative estimate of drug-likeness (QED) is 0.808. The van der Waals surface area contributed by atoms with Gasteiger partial charge in [0.25, 0.3) is 0 Å². The number of benzene rings is 2. The predicted octanol–water partition coefficient (Wildman–Crippen LogP) is 3.15. The fraction of sp³-hybridized carbons (Fsp3) is 0.0769. The molecule has 19 heavy (non-hydrogen) atoms. The molecule has 4 nitrogen and oxygen atoms in total. The van der Waals surface area contributed by atoms with Crippen LogP contribution in [0.1, 0.15) is 0 Å². The van der Waals surface area contributed by atoms with Gasteiger partial charge in [-0.2, -0.15) is 8.42 Å². The Hall–Kier alpha value is -2.08. The standard InChI is InChI=1S/C13H11FO4S/c1-17-10-2-4-11(5-3-10)18-12-6-8-13(9-7-12)19(14,15)16/h2-9H,1H3. The minimum Gasteiger partial charge on any atom is -0.497 e. The van der Waals surface area contributed by atoms with E-state index in [-0.39, 0.29) is 0 Å². The Balaban J connectivity index is 2.15. The lowest BCUT2D eigenvalue weighted by atomic mass is 10.3. The van der Waals surface area contributed by atoms with Gasteiger partial charge in [0.1, 0.15) is 17.2 Å². The van der Waals surface area contributed by atoms with Gasteiger partial charge in [0, 0.05) is 0 Å². The monoisotopic (exact) mass is 282 g/mol. The van der Waals surface area contributed by atoms with E-state index in [1.807, 2.05) is 0 Å². The highest BCUT2D eigenvalue weighted by molar-refractivity contribution is 7.86. The molecule has 0 fully saturated rings. The van der Waals surface area contributed by atoms with Gasteiger partial charge in [-0.15, -0.1) is 3.89 Å². The molecule has 0 saturated carbocycles. The first-order valence-electron chi connectivity index (χ1n) is 5.36. The Morgan fingerprint density at radius 2 is 1.26 bits per heavy atom. The summed E-state index contributed by atoms with van der Waals surface area (Å²) in [5.41, 5.74) is 0. The van der Waals surface area contributed by atoms with Crippen LogP contribution in [0.2, 0.25) is 0 Å². The molecule has 0 radical (unpaired) electrons. The average Bonchev–Trinajstić information content (AvgIpc) is 2.39. The van der Waals surface area contributed by atoms with Crippen molar-refractivity contribution in [2.45, 2.75) is 4.90 Å². The lowest BCUT2D eigenvalue weighted by molar-refractivity contribution is 0.413. The van der Waals surface area contributed by atoms with Crippen molar-refractivity contribution in [1.29, 1.82) is 0 Å². The molecule has 2 aromatic rings. The molecular formula is C13H11FO4S. The zero-order chi connectivity index (χ0) is 13.9. The molecule has 2 rings (SSSR count). The lowest BCUT2D eigenvalue weighted by Gasteiger charge is -2.06. The molecule has 0 aliphatic rings. The van der Waals surface area contributed by atoms with E-state index in [0.29, 0.717) is 17.2 Å². The summed E-state index contributed by atoms with van der Waals surface area (Å²) in [7, 11) is -3.11. The Morgan fingerprint density at radius 3 is 1.68 bits per heavy atom. The Labute approximate surface area is 110 Å². The first-order chi connectivity index (χ1) is 8.99. The molecule has 0 aliphatic heterocycles. The highest BCUT2D eigenvalue weighted by atomic mass is 32.3. The minimum atomic E-state index is -4.67. The van der Waals surface area contributed by atoms with Gasteiger partial charge in [0.2, 0.25) is 0 Å². The summed E-state index contributed by atoms with van der Waals surface area (Å²) in [6.45, 7) is 0. The van der Waals surface area contributed by atoms with Crippen molar-refractivity contribution in [3.05, 3.63) is 48.5 Å². The molecule has 0 heterocycles. The van der Waals surface area contributed by atoms with Crippen LogP contribution in [0.3, 0.4) is 0 Å². The topological polar surface area (TPSA) is 52.6 Å². The zero-order valence-corrected chi connectivity index (χ0v) is 10.9. The first-order valence-corrected chi connectivity index (χ1v) is 6.74. The van der Waals surface area contributed by atoms with E-state index in [1.165, 1.54) is 12.1 Å². The van der Waals surface area contributed by atoms with Gasteiger partial charge in [0.15, 0.2) is 0 Å². The van der Waals surface area contributed by atoms with Crippen LogP contribution in [0.25, 0.3) is 0 Å². The fourth-order valence-corrected chi connectivity index (χ4v) is 1.91. The van der Waals surface area contributed by atoms with Crippen molar-refractivity contribution < 1.29 is 21.8 Å². The second kappa shape index (κ2) is 5.27. The van der Waals surface area contributed by atoms with E-state index in [9.17, 15) is 12.3 Å². The van der Waals surface area contributed by atoms with Crippen LogP contribution in [0.15, 0.2) is 53.4 Å². The molecular weight excluding hydrogens is 271 g/mol. The van der Waals surface area contributed by atoms with Crippen molar-refractivity contribution in [1.82, 2.24) is 0 Å². The van der Waals surface area contributed by atoms with Crippen LogP contribution in [0.4, 0.5) is 3.89 Å². The number of methoxy groups -OCH3 is 1. The Bertz CT molecular complexity index is 648. The van der Waals surface area contributed by atoms with Gasteiger partial charge < -0.3 is 9.47 Å². The smallest absolute Gasteiger partial charge is 0.332 e. The molecule has 100 valence electrons. The molecule has 0 amide bonds. The second-order valence-electron chi connectivity index (χ2n) is 3.69. The average molecular weight is 282 g/mol. The highest BCUT2D eigenvalue weighted by Gasteiger charge is 2.11. The summed E-state index contributed by atoms with van der Waals surface area (Å²) in [4.78, 5) is -0.394. The summed E-state index contributed by atoms with van der Waals surface area (Å²) in [5.74, 6) is 1.68. The van der Waals surface area contributed by atoms with Crippen LogP contribution in [-0.2, 0) is 10.2 Å². The van der Waals surface area contributed by atoms with Crippen LogP contribution >= 0.6 is 0 Å². The molecule has 0 spiro atoms. The largest absolute Gasteiger partial charge is 0.497 e. The molecule has 6 heteroatoms. The van der Waals surface area contributed by atoms with Gasteiger partial charge in [-0.05, 0) is 48.5 Å². The van der Waals surface area contributed by atoms with E-state index in [2.05, 4.69) is 0 Å². The number of hydrogen-bond donors (Lipinski definition) is 0. The van der Waals surface area contributed by atoms with Gasteiger partial charge >= 0.3 is 10.2 Å². The highest BCUT2D eigenvalue weighted by Crippen LogP contribution is 2.25. The summed E-state index contributed by atoms with van der Waals surface area (Å²) in [6, 6.07) is 11.9. The summed E-state index contributed by atoms with van der Waals surface area (Å²) in [5, 5.41) is 0. The molecule has 0 aromatic heterocycles. The zero-order valence-electron chi connectivity index (χ0n) is 10.0. The van der Waals surface area contributed by atoms with E-state index < -0.39 is 15.1 Å². The van der Waals surface area contributed by atoms with Gasteiger partial charge in [0.05, 0.1) is 12.0 Å². The van der Waals surface area contributed by atoms with Crippen molar-refractivity contribution in [3.63, 3.8) is 0 Å². The minimum absolute atomic E-state index is 0.394. The van der Waals surface area contributed by atoms with Crippen molar-refractivity contribution >= 4 is 10.2 Å². The van der Waals surface area contributed by atoms with Gasteiger partial charge in [-0.3, -0.25) is 0 Å². The second-order valence-corrected chi connectivity index (χ2v) is 5.03. The number of hydrogen-bond acceptors (Lipinski definition) is 4. The summed E-state index contributed by atoms with van der Waals surface area (Å²) in [6.07, 6.45) is 0. The normalized spacial score (nSPS) is 11.1. The Morgan fingerprint density at radius 1 is 0.842 bits per heavy atom. The number of rotatable bonds is 4. The number of halogens is 1. The SMILES string of the molecule is COc1ccc(Oc2ccc(S(=O)(=O)F)cc2)cc1. The summed E-state index contributed by atoms with van der Waals surface area (Å²) < 4.78 is 44.5. The fourth-order valence-electron chi connectivity index (χ4n) is 1.45. The molecule has 2 aromatic carbocycles. The van der Waals surface area contributed by atoms with Crippen LogP contribution in [0.5, 0.6) is 17.2 Å². The predicted molar refractivity (Wildman–Crippen MR) is 67.8 cm³/mol. The van der Waals surface area contributed by atoms with E-state index >= 15 is 0 Å². The van der Waals surface area contributed by atoms with Crippen molar-refractivity contribution in [2.75, 3.05) is 7.11 Å². The first kappa shape index (κ1) is 13.4. The van der Waals surface area contributed by atoms with E-state index in [0.717, 1.165) is 12.1 Å². The van der Waals surface area contributed by atoms with Crippen LogP contribution in [0, 0.1) is 0 Å². The van der Waals surface area contributed by atoms with Gasteiger partial charge in [-0.1, -0.05) is 0 Å². The number of ether oxygens (including phenoxy) is 2. The van der Waals surface area contributed by atoms with Crippen molar-refractivity contribution in [3.8, 4) is 17.2 Å². The molecule has 0 aliphatic carbocycles. The van der Waals surface area contributed by atoms with Crippen LogP contribution < -0.4 is 9.47 Å². The maximum Gasteiger partial charge on any atom is 0.332 e. The van der Waals surface area contributed by atoms with Crippen molar-refractivity contribution in [2.24, 2.45) is 0 Å². The Kier molecular flexibility index (Phi) is 3.71. The molecule has 0 bridgehead atoms. The third kappa shape index (κ3) is 3.45. The lowest BCUT2D eigenvalue weighted by Crippen LogP contribution is -1.91. The summed E-state index contributed by atoms with van der Waals surface area (Å²) >= 11 is 0. The molecule has 0 N–H and O–H groups in total. The molecule has 0 saturated heterocycles. The maximum atomic E-state index is 12.7. The van der Waals surface area contributed by atoms with E-state index in [1.54, 1.807) is 31.4 Å². The third-order valence-corrected chi connectivity index (χ3v) is 3.24. The maximum absolute atomic E-state index is 12.7.